The van der Waals surface area contributed by atoms with Crippen molar-refractivity contribution in [3.63, 3.8) is 0 Å². The van der Waals surface area contributed by atoms with Crippen LogP contribution in [0, 0.1) is 5.41 Å². The lowest BCUT2D eigenvalue weighted by Gasteiger charge is -2.35. The first-order valence-corrected chi connectivity index (χ1v) is 9.55. The molecule has 1 aliphatic heterocycles. The van der Waals surface area contributed by atoms with E-state index in [9.17, 15) is 18.3 Å². The van der Waals surface area contributed by atoms with Gasteiger partial charge in [-0.1, -0.05) is 0 Å². The topological polar surface area (TPSA) is 102 Å². The fourth-order valence-corrected chi connectivity index (χ4v) is 3.53. The maximum absolute atomic E-state index is 12.4. The first kappa shape index (κ1) is 18.7. The minimum atomic E-state index is -3.52. The van der Waals surface area contributed by atoms with Crippen LogP contribution < -0.4 is 10.1 Å². The highest BCUT2D eigenvalue weighted by molar-refractivity contribution is 7.90. The van der Waals surface area contributed by atoms with E-state index in [-0.39, 0.29) is 34.1 Å². The molecule has 0 spiro atoms. The molecule has 0 bridgehead atoms. The van der Waals surface area contributed by atoms with E-state index < -0.39 is 9.84 Å². The van der Waals surface area contributed by atoms with Crippen LogP contribution in [0.5, 0.6) is 5.75 Å². The molecule has 1 amide bonds. The lowest BCUT2D eigenvalue weighted by Crippen LogP contribution is -2.43. The number of aliphatic hydroxyl groups is 1. The summed E-state index contributed by atoms with van der Waals surface area (Å²) >= 11 is 0. The highest BCUT2D eigenvalue weighted by Crippen LogP contribution is 2.29. The maximum atomic E-state index is 12.4. The van der Waals surface area contributed by atoms with E-state index in [4.69, 9.17) is 9.47 Å². The number of aliphatic hydroxyl groups excluding tert-OH is 1. The zero-order valence-electron chi connectivity index (χ0n) is 13.9. The number of ether oxygens (including phenoxy) is 2. The summed E-state index contributed by atoms with van der Waals surface area (Å²) in [4.78, 5) is 12.3. The van der Waals surface area contributed by atoms with Gasteiger partial charge in [-0.05, 0) is 31.0 Å². The highest BCUT2D eigenvalue weighted by Gasteiger charge is 2.32. The molecule has 7 nitrogen and oxygen atoms in total. The molecule has 0 aromatic heterocycles. The van der Waals surface area contributed by atoms with Gasteiger partial charge in [0, 0.05) is 37.0 Å². The van der Waals surface area contributed by atoms with Crippen LogP contribution in [0.1, 0.15) is 23.2 Å². The Balaban J connectivity index is 2.15. The summed E-state index contributed by atoms with van der Waals surface area (Å²) in [7, 11) is -2.14. The van der Waals surface area contributed by atoms with Crippen LogP contribution in [0.25, 0.3) is 0 Å². The van der Waals surface area contributed by atoms with Crippen molar-refractivity contribution in [3.05, 3.63) is 23.8 Å². The third-order valence-electron chi connectivity index (χ3n) is 4.34. The quantitative estimate of drug-likeness (QED) is 0.774. The third kappa shape index (κ3) is 4.25. The van der Waals surface area contributed by atoms with Crippen LogP contribution >= 0.6 is 0 Å². The van der Waals surface area contributed by atoms with Gasteiger partial charge in [0.25, 0.3) is 5.91 Å². The van der Waals surface area contributed by atoms with E-state index >= 15 is 0 Å². The Hall–Kier alpha value is -1.64. The molecule has 1 heterocycles. The van der Waals surface area contributed by atoms with Gasteiger partial charge in [0.15, 0.2) is 9.84 Å². The largest absolute Gasteiger partial charge is 0.495 e. The molecule has 134 valence electrons. The smallest absolute Gasteiger partial charge is 0.251 e. The number of amides is 1. The normalized spacial score (nSPS) is 17.3. The molecule has 0 saturated carbocycles. The van der Waals surface area contributed by atoms with Crippen LogP contribution in [0.15, 0.2) is 23.1 Å². The Morgan fingerprint density at radius 2 is 2.04 bits per heavy atom. The van der Waals surface area contributed by atoms with Crippen LogP contribution in [-0.4, -0.2) is 59.2 Å². The van der Waals surface area contributed by atoms with E-state index in [2.05, 4.69) is 5.32 Å². The Morgan fingerprint density at radius 1 is 1.38 bits per heavy atom. The van der Waals surface area contributed by atoms with Crippen LogP contribution in [0.4, 0.5) is 0 Å². The summed E-state index contributed by atoms with van der Waals surface area (Å²) in [6.45, 7) is 1.38. The summed E-state index contributed by atoms with van der Waals surface area (Å²) in [5.41, 5.74) is -0.156. The van der Waals surface area contributed by atoms with Gasteiger partial charge in [0.2, 0.25) is 0 Å². The zero-order valence-corrected chi connectivity index (χ0v) is 14.7. The SMILES string of the molecule is COc1ccc(C(=O)NCC2(CO)CCOCC2)cc1S(C)(=O)=O. The summed E-state index contributed by atoms with van der Waals surface area (Å²) in [5.74, 6) is -0.188. The van der Waals surface area contributed by atoms with Crippen molar-refractivity contribution in [3.8, 4) is 5.75 Å². The van der Waals surface area contributed by atoms with Gasteiger partial charge >= 0.3 is 0 Å². The van der Waals surface area contributed by atoms with E-state index in [1.165, 1.54) is 25.3 Å². The molecule has 1 aromatic carbocycles. The maximum Gasteiger partial charge on any atom is 0.251 e. The Kier molecular flexibility index (Phi) is 5.84. The molecule has 24 heavy (non-hydrogen) atoms. The van der Waals surface area contributed by atoms with Crippen molar-refractivity contribution in [2.45, 2.75) is 17.7 Å². The first-order valence-electron chi connectivity index (χ1n) is 7.66. The second-order valence-corrected chi connectivity index (χ2v) is 8.08. The van der Waals surface area contributed by atoms with Gasteiger partial charge in [0.1, 0.15) is 10.6 Å². The number of rotatable bonds is 6. The summed E-state index contributed by atoms with van der Waals surface area (Å²) in [6, 6.07) is 4.28. The minimum absolute atomic E-state index is 0.0272. The summed E-state index contributed by atoms with van der Waals surface area (Å²) < 4.78 is 34.0. The number of carbonyl (C=O) groups excluding carboxylic acids is 1. The Bertz CT molecular complexity index is 695. The molecule has 2 N–H and O–H groups in total. The fraction of sp³-hybridized carbons (Fsp3) is 0.562. The van der Waals surface area contributed by atoms with E-state index in [1.807, 2.05) is 0 Å². The molecular formula is C16H23NO6S. The lowest BCUT2D eigenvalue weighted by molar-refractivity contribution is -0.0146. The molecule has 0 unspecified atom stereocenters. The zero-order chi connectivity index (χ0) is 17.8. The predicted molar refractivity (Wildman–Crippen MR) is 88.0 cm³/mol. The van der Waals surface area contributed by atoms with E-state index in [0.29, 0.717) is 32.6 Å². The highest BCUT2D eigenvalue weighted by atomic mass is 32.2. The van der Waals surface area contributed by atoms with E-state index in [1.54, 1.807) is 0 Å². The standard InChI is InChI=1S/C16H23NO6S/c1-22-13-4-3-12(9-14(13)24(2,20)21)15(19)17-10-16(11-18)5-7-23-8-6-16/h3-4,9,18H,5-8,10-11H2,1-2H3,(H,17,19). The van der Waals surface area contributed by atoms with Gasteiger partial charge in [-0.25, -0.2) is 8.42 Å². The number of nitrogens with one attached hydrogen (secondary N) is 1. The average molecular weight is 357 g/mol. The number of benzene rings is 1. The molecule has 8 heteroatoms. The van der Waals surface area contributed by atoms with Gasteiger partial charge in [-0.3, -0.25) is 4.79 Å². The van der Waals surface area contributed by atoms with Crippen molar-refractivity contribution in [2.75, 3.05) is 39.7 Å². The molecule has 1 saturated heterocycles. The predicted octanol–water partition coefficient (Wildman–Crippen LogP) is 0.618. The molecular weight excluding hydrogens is 334 g/mol. The molecule has 1 fully saturated rings. The molecule has 1 aliphatic rings. The Morgan fingerprint density at radius 3 is 2.58 bits per heavy atom. The molecule has 0 radical (unpaired) electrons. The summed E-state index contributed by atoms with van der Waals surface area (Å²) in [5, 5.41) is 12.4. The second kappa shape index (κ2) is 7.50. The third-order valence-corrected chi connectivity index (χ3v) is 5.46. The summed E-state index contributed by atoms with van der Waals surface area (Å²) in [6.07, 6.45) is 2.40. The fourth-order valence-electron chi connectivity index (χ4n) is 2.67. The number of hydrogen-bond acceptors (Lipinski definition) is 6. The monoisotopic (exact) mass is 357 g/mol. The number of sulfone groups is 1. The molecule has 2 rings (SSSR count). The minimum Gasteiger partial charge on any atom is -0.495 e. The molecule has 1 aromatic rings. The van der Waals surface area contributed by atoms with Gasteiger partial charge in [0.05, 0.1) is 13.7 Å². The van der Waals surface area contributed by atoms with Crippen molar-refractivity contribution in [1.29, 1.82) is 0 Å². The molecule has 0 atom stereocenters. The first-order chi connectivity index (χ1) is 11.3. The van der Waals surface area contributed by atoms with Gasteiger partial charge in [-0.2, -0.15) is 0 Å². The average Bonchev–Trinajstić information content (AvgIpc) is 2.59. The Labute approximate surface area is 141 Å². The number of carbonyl (C=O) groups is 1. The van der Waals surface area contributed by atoms with Crippen molar-refractivity contribution < 1.29 is 27.8 Å². The number of methoxy groups -OCH3 is 1. The second-order valence-electron chi connectivity index (χ2n) is 6.09. The van der Waals surface area contributed by atoms with Crippen LogP contribution in [-0.2, 0) is 14.6 Å². The number of hydrogen-bond donors (Lipinski definition) is 2. The van der Waals surface area contributed by atoms with Gasteiger partial charge < -0.3 is 19.9 Å². The lowest BCUT2D eigenvalue weighted by atomic mass is 9.81. The van der Waals surface area contributed by atoms with Crippen LogP contribution in [0.3, 0.4) is 0 Å². The van der Waals surface area contributed by atoms with E-state index in [0.717, 1.165) is 6.26 Å². The van der Waals surface area contributed by atoms with Crippen LogP contribution in [0.2, 0.25) is 0 Å². The van der Waals surface area contributed by atoms with Crippen molar-refractivity contribution in [2.24, 2.45) is 5.41 Å². The van der Waals surface area contributed by atoms with Gasteiger partial charge in [-0.15, -0.1) is 0 Å². The van der Waals surface area contributed by atoms with Crippen molar-refractivity contribution >= 4 is 15.7 Å². The molecule has 0 aliphatic carbocycles. The van der Waals surface area contributed by atoms with Crippen molar-refractivity contribution in [1.82, 2.24) is 5.32 Å².